The van der Waals surface area contributed by atoms with E-state index in [4.69, 9.17) is 16.7 Å². The Kier molecular flexibility index (Phi) is 6.87. The number of halogens is 1. The zero-order chi connectivity index (χ0) is 22.3. The van der Waals surface area contributed by atoms with Gasteiger partial charge >= 0.3 is 6.03 Å². The second-order valence-corrected chi connectivity index (χ2v) is 7.97. The van der Waals surface area contributed by atoms with Gasteiger partial charge in [0.15, 0.2) is 0 Å². The summed E-state index contributed by atoms with van der Waals surface area (Å²) in [4.78, 5) is 18.3. The zero-order valence-corrected chi connectivity index (χ0v) is 18.6. The number of carbonyl (C=O) groups excluding carboxylic acids is 1. The van der Waals surface area contributed by atoms with Crippen molar-refractivity contribution >= 4 is 17.6 Å². The Hall–Kier alpha value is -3.58. The Morgan fingerprint density at radius 3 is 2.62 bits per heavy atom. The number of hydrogen-bond acceptors (Lipinski definition) is 3. The van der Waals surface area contributed by atoms with Crippen LogP contribution in [0.2, 0.25) is 5.02 Å². The lowest BCUT2D eigenvalue weighted by molar-refractivity contribution is 0.206. The van der Waals surface area contributed by atoms with Gasteiger partial charge in [0.25, 0.3) is 0 Å². The summed E-state index contributed by atoms with van der Waals surface area (Å²) >= 11 is 6.07. The molecule has 4 aromatic rings. The summed E-state index contributed by atoms with van der Waals surface area (Å²) in [6, 6.07) is 17.4. The highest BCUT2D eigenvalue weighted by molar-refractivity contribution is 6.30. The zero-order valence-electron chi connectivity index (χ0n) is 17.9. The van der Waals surface area contributed by atoms with Crippen molar-refractivity contribution < 1.29 is 4.79 Å². The number of benzene rings is 2. The molecule has 0 atom stereocenters. The molecule has 2 aromatic carbocycles. The van der Waals surface area contributed by atoms with Crippen molar-refractivity contribution in [1.29, 1.82) is 0 Å². The normalized spacial score (nSPS) is 10.8. The van der Waals surface area contributed by atoms with E-state index in [1.54, 1.807) is 24.5 Å². The van der Waals surface area contributed by atoms with Gasteiger partial charge in [-0.2, -0.15) is 5.10 Å². The molecule has 0 saturated carbocycles. The number of carbonyl (C=O) groups is 1. The van der Waals surface area contributed by atoms with E-state index in [2.05, 4.69) is 10.3 Å². The molecule has 32 heavy (non-hydrogen) atoms. The maximum absolute atomic E-state index is 12.6. The molecule has 7 nitrogen and oxygen atoms in total. The molecule has 0 saturated heterocycles. The molecule has 0 bridgehead atoms. The van der Waals surface area contributed by atoms with E-state index < -0.39 is 0 Å². The van der Waals surface area contributed by atoms with Gasteiger partial charge in [-0.25, -0.2) is 14.5 Å². The second kappa shape index (κ2) is 10.2. The summed E-state index contributed by atoms with van der Waals surface area (Å²) in [5, 5.41) is 8.45. The lowest BCUT2D eigenvalue weighted by Gasteiger charge is -2.18. The van der Waals surface area contributed by atoms with Crippen LogP contribution in [0.4, 0.5) is 4.79 Å². The fraction of sp³-hybridized carbons (Fsp3) is 0.208. The molecular weight excluding hydrogens is 424 g/mol. The molecule has 0 aliphatic heterocycles. The largest absolute Gasteiger partial charge is 0.338 e. The van der Waals surface area contributed by atoms with Gasteiger partial charge in [0.2, 0.25) is 0 Å². The van der Waals surface area contributed by atoms with Crippen LogP contribution in [0.1, 0.15) is 12.0 Å². The van der Waals surface area contributed by atoms with Crippen molar-refractivity contribution in [3.63, 3.8) is 0 Å². The third kappa shape index (κ3) is 5.36. The highest BCUT2D eigenvalue weighted by atomic mass is 35.5. The van der Waals surface area contributed by atoms with Gasteiger partial charge in [0.05, 0.1) is 24.3 Å². The van der Waals surface area contributed by atoms with Gasteiger partial charge in [0, 0.05) is 54.9 Å². The number of rotatable bonds is 8. The Bertz CT molecular complexity index is 1140. The number of nitrogens with zero attached hydrogens (tertiary/aromatic N) is 5. The minimum Gasteiger partial charge on any atom is -0.338 e. The van der Waals surface area contributed by atoms with E-state index in [0.717, 1.165) is 35.5 Å². The SMILES string of the molecule is CN(Cc1cn(-c2ccccc2)nc1-c1ccc(Cl)cc1)C(=O)NCCCn1ccnc1. The summed E-state index contributed by atoms with van der Waals surface area (Å²) in [7, 11) is 1.79. The van der Waals surface area contributed by atoms with Crippen LogP contribution in [-0.2, 0) is 13.1 Å². The fourth-order valence-electron chi connectivity index (χ4n) is 3.43. The Labute approximate surface area is 192 Å². The number of nitrogens with one attached hydrogen (secondary N) is 1. The first-order valence-corrected chi connectivity index (χ1v) is 10.8. The minimum atomic E-state index is -0.120. The van der Waals surface area contributed by atoms with Crippen LogP contribution in [0.25, 0.3) is 16.9 Å². The quantitative estimate of drug-likeness (QED) is 0.400. The van der Waals surface area contributed by atoms with E-state index in [1.165, 1.54) is 0 Å². The van der Waals surface area contributed by atoms with Crippen molar-refractivity contribution in [1.82, 2.24) is 29.5 Å². The van der Waals surface area contributed by atoms with Crippen LogP contribution in [0.3, 0.4) is 0 Å². The van der Waals surface area contributed by atoms with E-state index >= 15 is 0 Å². The standard InChI is InChI=1S/C24H25ClN6O/c1-29(24(32)27-12-5-14-30-15-13-26-18-30)16-20-17-31(22-6-3-2-4-7-22)28-23(20)19-8-10-21(25)11-9-19/h2-4,6-11,13,15,17-18H,5,12,14,16H2,1H3,(H,27,32). The van der Waals surface area contributed by atoms with Crippen molar-refractivity contribution in [3.05, 3.63) is 90.1 Å². The molecule has 1 N–H and O–H groups in total. The molecule has 2 heterocycles. The number of amides is 2. The molecule has 0 spiro atoms. The number of para-hydroxylation sites is 1. The van der Waals surface area contributed by atoms with Crippen LogP contribution in [-0.4, -0.2) is 43.9 Å². The lowest BCUT2D eigenvalue weighted by atomic mass is 10.1. The van der Waals surface area contributed by atoms with Crippen molar-refractivity contribution in [3.8, 4) is 16.9 Å². The molecule has 2 aromatic heterocycles. The van der Waals surface area contributed by atoms with Gasteiger partial charge in [0.1, 0.15) is 0 Å². The Morgan fingerprint density at radius 2 is 1.91 bits per heavy atom. The predicted octanol–water partition coefficient (Wildman–Crippen LogP) is 4.62. The van der Waals surface area contributed by atoms with Gasteiger partial charge < -0.3 is 14.8 Å². The second-order valence-electron chi connectivity index (χ2n) is 7.53. The molecule has 0 aliphatic carbocycles. The van der Waals surface area contributed by atoms with E-state index in [-0.39, 0.29) is 6.03 Å². The highest BCUT2D eigenvalue weighted by Gasteiger charge is 2.16. The summed E-state index contributed by atoms with van der Waals surface area (Å²) in [6.45, 7) is 1.83. The number of aryl methyl sites for hydroxylation is 1. The summed E-state index contributed by atoms with van der Waals surface area (Å²) in [6.07, 6.45) is 8.24. The van der Waals surface area contributed by atoms with Crippen LogP contribution < -0.4 is 5.32 Å². The maximum Gasteiger partial charge on any atom is 0.317 e. The van der Waals surface area contributed by atoms with Crippen molar-refractivity contribution in [2.75, 3.05) is 13.6 Å². The van der Waals surface area contributed by atoms with Crippen molar-refractivity contribution in [2.45, 2.75) is 19.5 Å². The highest BCUT2D eigenvalue weighted by Crippen LogP contribution is 2.26. The van der Waals surface area contributed by atoms with Crippen LogP contribution in [0.15, 0.2) is 79.5 Å². The van der Waals surface area contributed by atoms with Crippen molar-refractivity contribution in [2.24, 2.45) is 0 Å². The summed E-state index contributed by atoms with van der Waals surface area (Å²) in [5.41, 5.74) is 3.69. The topological polar surface area (TPSA) is 68.0 Å². The third-order valence-electron chi connectivity index (χ3n) is 5.11. The smallest absolute Gasteiger partial charge is 0.317 e. The molecule has 8 heteroatoms. The van der Waals surface area contributed by atoms with Gasteiger partial charge in [-0.1, -0.05) is 41.9 Å². The molecule has 0 unspecified atom stereocenters. The Morgan fingerprint density at radius 1 is 1.12 bits per heavy atom. The lowest BCUT2D eigenvalue weighted by Crippen LogP contribution is -2.37. The molecular formula is C24H25ClN6O. The monoisotopic (exact) mass is 448 g/mol. The first-order valence-electron chi connectivity index (χ1n) is 10.4. The van der Waals surface area contributed by atoms with Crippen LogP contribution in [0.5, 0.6) is 0 Å². The predicted molar refractivity (Wildman–Crippen MR) is 126 cm³/mol. The van der Waals surface area contributed by atoms with Gasteiger partial charge in [-0.3, -0.25) is 0 Å². The molecule has 0 radical (unpaired) electrons. The van der Waals surface area contributed by atoms with Crippen LogP contribution in [0, 0.1) is 0 Å². The number of urea groups is 1. The molecule has 4 rings (SSSR count). The first-order chi connectivity index (χ1) is 15.6. The molecule has 0 aliphatic rings. The number of imidazole rings is 1. The number of hydrogen-bond donors (Lipinski definition) is 1. The molecule has 0 fully saturated rings. The van der Waals surface area contributed by atoms with E-state index in [0.29, 0.717) is 18.1 Å². The van der Waals surface area contributed by atoms with Gasteiger partial charge in [-0.05, 0) is 30.7 Å². The Balaban J connectivity index is 1.46. The third-order valence-corrected chi connectivity index (χ3v) is 5.36. The maximum atomic E-state index is 12.6. The van der Waals surface area contributed by atoms with Gasteiger partial charge in [-0.15, -0.1) is 0 Å². The molecule has 164 valence electrons. The fourth-order valence-corrected chi connectivity index (χ4v) is 3.55. The number of aromatic nitrogens is 4. The van der Waals surface area contributed by atoms with E-state index in [1.807, 2.05) is 76.2 Å². The summed E-state index contributed by atoms with van der Waals surface area (Å²) < 4.78 is 3.84. The minimum absolute atomic E-state index is 0.120. The average molecular weight is 449 g/mol. The average Bonchev–Trinajstić information content (AvgIpc) is 3.48. The van der Waals surface area contributed by atoms with E-state index in [9.17, 15) is 4.79 Å². The summed E-state index contributed by atoms with van der Waals surface area (Å²) in [5.74, 6) is 0. The first kappa shape index (κ1) is 21.6. The molecule has 2 amide bonds. The van der Waals surface area contributed by atoms with Crippen LogP contribution >= 0.6 is 11.6 Å².